The maximum Gasteiger partial charge on any atom is 0.225 e. The fourth-order valence-electron chi connectivity index (χ4n) is 0.286. The van der Waals surface area contributed by atoms with Gasteiger partial charge in [-0.3, -0.25) is 0 Å². The summed E-state index contributed by atoms with van der Waals surface area (Å²) in [6.07, 6.45) is -0.682. The van der Waals surface area contributed by atoms with Crippen LogP contribution in [0.4, 0.5) is 0 Å². The number of alkyl halides is 1. The van der Waals surface area contributed by atoms with E-state index >= 15 is 0 Å². The number of sulfonamides is 1. The molecular weight excluding hydrogens is 178 g/mol. The molecule has 0 aliphatic carbocycles. The maximum atomic E-state index is 10.5. The van der Waals surface area contributed by atoms with Crippen LogP contribution in [0, 0.1) is 0 Å². The summed E-state index contributed by atoms with van der Waals surface area (Å²) in [5.74, 6) is 0. The summed E-state index contributed by atoms with van der Waals surface area (Å²) in [6, 6.07) is 0. The third-order valence-electron chi connectivity index (χ3n) is 0.742. The van der Waals surface area contributed by atoms with Crippen molar-refractivity contribution in [1.82, 2.24) is 4.72 Å². The van der Waals surface area contributed by atoms with Crippen LogP contribution in [0.1, 0.15) is 6.92 Å². The number of halogens is 1. The molecule has 6 heteroatoms. The highest BCUT2D eigenvalue weighted by molar-refractivity contribution is 7.90. The number of aliphatic hydroxyl groups excluding tert-OH is 1. The van der Waals surface area contributed by atoms with E-state index in [2.05, 4.69) is 4.72 Å². The van der Waals surface area contributed by atoms with Gasteiger partial charge in [-0.15, -0.1) is 11.6 Å². The van der Waals surface area contributed by atoms with Crippen molar-refractivity contribution in [2.75, 3.05) is 11.8 Å². The van der Waals surface area contributed by atoms with Crippen molar-refractivity contribution >= 4 is 21.6 Å². The summed E-state index contributed by atoms with van der Waals surface area (Å²) in [5.41, 5.74) is 0. The van der Waals surface area contributed by atoms with E-state index in [0.717, 1.165) is 0 Å². The summed E-state index contributed by atoms with van der Waals surface area (Å²) >= 11 is 5.04. The second kappa shape index (κ2) is 4.12. The van der Waals surface area contributed by atoms with Gasteiger partial charge in [0.2, 0.25) is 10.0 Å². The van der Waals surface area contributed by atoms with Gasteiger partial charge < -0.3 is 5.11 Å². The Morgan fingerprint density at radius 1 is 1.70 bits per heavy atom. The molecule has 0 aliphatic heterocycles. The fourth-order valence-corrected chi connectivity index (χ4v) is 1.09. The molecule has 0 radical (unpaired) electrons. The van der Waals surface area contributed by atoms with Crippen LogP contribution < -0.4 is 4.72 Å². The highest BCUT2D eigenvalue weighted by atomic mass is 35.5. The summed E-state index contributed by atoms with van der Waals surface area (Å²) < 4.78 is 23.2. The van der Waals surface area contributed by atoms with Gasteiger partial charge in [-0.25, -0.2) is 13.1 Å². The molecule has 0 saturated heterocycles. The van der Waals surface area contributed by atoms with Crippen molar-refractivity contribution < 1.29 is 13.5 Å². The topological polar surface area (TPSA) is 66.4 Å². The zero-order chi connectivity index (χ0) is 8.20. The molecule has 1 unspecified atom stereocenters. The standard InChI is InChI=1S/C4H10ClNO3S/c1-4(7)2-6-10(8,9)3-5/h4,6-7H,2-3H2,1H3. The summed E-state index contributed by atoms with van der Waals surface area (Å²) in [4.78, 5) is 0. The van der Waals surface area contributed by atoms with Gasteiger partial charge in [0.25, 0.3) is 0 Å². The molecule has 62 valence electrons. The molecule has 1 atom stereocenters. The molecule has 10 heavy (non-hydrogen) atoms. The van der Waals surface area contributed by atoms with Gasteiger partial charge in [0, 0.05) is 6.54 Å². The molecule has 0 spiro atoms. The third-order valence-corrected chi connectivity index (χ3v) is 2.50. The Kier molecular flexibility index (Phi) is 4.19. The first-order valence-corrected chi connectivity index (χ1v) is 4.88. The summed E-state index contributed by atoms with van der Waals surface area (Å²) in [7, 11) is -3.36. The van der Waals surface area contributed by atoms with Gasteiger partial charge in [-0.2, -0.15) is 0 Å². The van der Waals surface area contributed by atoms with Crippen LogP contribution in [0.3, 0.4) is 0 Å². The molecule has 0 saturated carbocycles. The van der Waals surface area contributed by atoms with Gasteiger partial charge in [-0.05, 0) is 6.92 Å². The van der Waals surface area contributed by atoms with Gasteiger partial charge in [0.1, 0.15) is 5.21 Å². The molecule has 4 nitrogen and oxygen atoms in total. The Bertz CT molecular complexity index is 177. The first-order chi connectivity index (χ1) is 4.48. The second-order valence-corrected chi connectivity index (χ2v) is 4.31. The van der Waals surface area contributed by atoms with Crippen LogP contribution in [0.5, 0.6) is 0 Å². The molecule has 0 aromatic carbocycles. The van der Waals surface area contributed by atoms with E-state index < -0.39 is 21.3 Å². The minimum absolute atomic E-state index is 0.00898. The van der Waals surface area contributed by atoms with Crippen LogP contribution in [0.2, 0.25) is 0 Å². The average Bonchev–Trinajstić information content (AvgIpc) is 1.85. The van der Waals surface area contributed by atoms with E-state index in [1.807, 2.05) is 0 Å². The molecule has 0 aromatic heterocycles. The summed E-state index contributed by atoms with van der Waals surface area (Å²) in [6.45, 7) is 1.49. The number of hydrogen-bond donors (Lipinski definition) is 2. The van der Waals surface area contributed by atoms with Gasteiger partial charge in [-0.1, -0.05) is 0 Å². The molecule has 0 amide bonds. The van der Waals surface area contributed by atoms with Gasteiger partial charge in [0.05, 0.1) is 6.10 Å². The van der Waals surface area contributed by atoms with E-state index in [1.165, 1.54) is 6.92 Å². The first-order valence-electron chi connectivity index (χ1n) is 2.69. The number of nitrogens with one attached hydrogen (secondary N) is 1. The lowest BCUT2D eigenvalue weighted by molar-refractivity contribution is 0.198. The Labute approximate surface area is 65.2 Å². The smallest absolute Gasteiger partial charge is 0.225 e. The number of rotatable bonds is 4. The monoisotopic (exact) mass is 187 g/mol. The SMILES string of the molecule is CC(O)CNS(=O)(=O)CCl. The van der Waals surface area contributed by atoms with E-state index in [9.17, 15) is 8.42 Å². The maximum absolute atomic E-state index is 10.5. The van der Waals surface area contributed by atoms with Crippen molar-refractivity contribution in [3.63, 3.8) is 0 Å². The molecular formula is C4H10ClNO3S. The highest BCUT2D eigenvalue weighted by Crippen LogP contribution is 1.87. The van der Waals surface area contributed by atoms with Crippen molar-refractivity contribution in [3.8, 4) is 0 Å². The third kappa shape index (κ3) is 4.99. The summed E-state index contributed by atoms with van der Waals surface area (Å²) in [5, 5.41) is 8.17. The molecule has 0 aliphatic rings. The van der Waals surface area contributed by atoms with E-state index in [0.29, 0.717) is 0 Å². The lowest BCUT2D eigenvalue weighted by atomic mass is 10.4. The van der Waals surface area contributed by atoms with Crippen LogP contribution in [0.15, 0.2) is 0 Å². The lowest BCUT2D eigenvalue weighted by Gasteiger charge is -2.04. The fraction of sp³-hybridized carbons (Fsp3) is 1.00. The van der Waals surface area contributed by atoms with Crippen LogP contribution in [-0.2, 0) is 10.0 Å². The Hall–Kier alpha value is 0.160. The molecule has 0 bridgehead atoms. The van der Waals surface area contributed by atoms with E-state index in [1.54, 1.807) is 0 Å². The lowest BCUT2D eigenvalue weighted by Crippen LogP contribution is -2.31. The zero-order valence-electron chi connectivity index (χ0n) is 5.54. The molecule has 0 fully saturated rings. The Morgan fingerprint density at radius 2 is 2.20 bits per heavy atom. The predicted molar refractivity (Wildman–Crippen MR) is 39.3 cm³/mol. The zero-order valence-corrected chi connectivity index (χ0v) is 7.11. The molecule has 0 rings (SSSR count). The van der Waals surface area contributed by atoms with Crippen molar-refractivity contribution in [3.05, 3.63) is 0 Å². The van der Waals surface area contributed by atoms with Gasteiger partial charge in [0.15, 0.2) is 0 Å². The number of aliphatic hydroxyl groups is 1. The largest absolute Gasteiger partial charge is 0.392 e. The normalized spacial score (nSPS) is 15.1. The first kappa shape index (κ1) is 10.2. The predicted octanol–water partition coefficient (Wildman–Crippen LogP) is -0.517. The second-order valence-electron chi connectivity index (χ2n) is 1.92. The van der Waals surface area contributed by atoms with Crippen molar-refractivity contribution in [1.29, 1.82) is 0 Å². The van der Waals surface area contributed by atoms with E-state index in [-0.39, 0.29) is 6.54 Å². The quantitative estimate of drug-likeness (QED) is 0.583. The Balaban J connectivity index is 3.70. The minimum Gasteiger partial charge on any atom is -0.392 e. The molecule has 2 N–H and O–H groups in total. The Morgan fingerprint density at radius 3 is 2.50 bits per heavy atom. The highest BCUT2D eigenvalue weighted by Gasteiger charge is 2.07. The average molecular weight is 188 g/mol. The van der Waals surface area contributed by atoms with Crippen molar-refractivity contribution in [2.24, 2.45) is 0 Å². The minimum atomic E-state index is -3.36. The van der Waals surface area contributed by atoms with Crippen LogP contribution >= 0.6 is 11.6 Å². The molecule has 0 heterocycles. The van der Waals surface area contributed by atoms with Crippen LogP contribution in [-0.4, -0.2) is 31.4 Å². The van der Waals surface area contributed by atoms with Crippen molar-refractivity contribution in [2.45, 2.75) is 13.0 Å². The van der Waals surface area contributed by atoms with E-state index in [4.69, 9.17) is 16.7 Å². The van der Waals surface area contributed by atoms with Gasteiger partial charge >= 0.3 is 0 Å². The van der Waals surface area contributed by atoms with Crippen LogP contribution in [0.25, 0.3) is 0 Å². The molecule has 0 aromatic rings. The number of hydrogen-bond acceptors (Lipinski definition) is 3.